The number of anilines is 1. The van der Waals surface area contributed by atoms with E-state index in [4.69, 9.17) is 0 Å². The van der Waals surface area contributed by atoms with Crippen molar-refractivity contribution in [3.8, 4) is 0 Å². The number of hydrogen-bond acceptors (Lipinski definition) is 3. The van der Waals surface area contributed by atoms with E-state index in [2.05, 4.69) is 34.0 Å². The molecule has 0 amide bonds. The molecular weight excluding hydrogens is 355 g/mol. The van der Waals surface area contributed by atoms with Crippen molar-refractivity contribution >= 4 is 34.0 Å². The molecule has 0 aliphatic rings. The van der Waals surface area contributed by atoms with E-state index in [1.165, 1.54) is 9.64 Å². The van der Waals surface area contributed by atoms with Gasteiger partial charge in [-0.25, -0.2) is 0 Å². The molecule has 2 rings (SSSR count). The van der Waals surface area contributed by atoms with Crippen LogP contribution in [0.3, 0.4) is 0 Å². The summed E-state index contributed by atoms with van der Waals surface area (Å²) in [5.74, 6) is 0. The van der Waals surface area contributed by atoms with Gasteiger partial charge in [0.15, 0.2) is 0 Å². The highest BCUT2D eigenvalue weighted by molar-refractivity contribution is 14.1. The minimum atomic E-state index is -0.375. The van der Waals surface area contributed by atoms with E-state index < -0.39 is 0 Å². The maximum atomic E-state index is 10.7. The molecule has 0 unspecified atom stereocenters. The summed E-state index contributed by atoms with van der Waals surface area (Å²) in [6.45, 7) is 2.61. The Bertz CT molecular complexity index is 614. The lowest BCUT2D eigenvalue weighted by Gasteiger charge is -2.09. The molecule has 0 heterocycles. The second kappa shape index (κ2) is 6.01. The van der Waals surface area contributed by atoms with E-state index in [0.29, 0.717) is 6.54 Å². The van der Waals surface area contributed by atoms with Crippen LogP contribution in [0.1, 0.15) is 11.1 Å². The van der Waals surface area contributed by atoms with Gasteiger partial charge in [-0.15, -0.1) is 0 Å². The van der Waals surface area contributed by atoms with Gasteiger partial charge in [-0.3, -0.25) is 10.1 Å². The number of nitro groups is 1. The minimum absolute atomic E-state index is 0.124. The van der Waals surface area contributed by atoms with Crippen LogP contribution in [0, 0.1) is 20.6 Å². The molecule has 4 nitrogen and oxygen atoms in total. The van der Waals surface area contributed by atoms with Gasteiger partial charge in [0, 0.05) is 27.9 Å². The number of nitrogens with one attached hydrogen (secondary N) is 1. The first-order valence-electron chi connectivity index (χ1n) is 5.79. The molecule has 0 aromatic heterocycles. The van der Waals surface area contributed by atoms with Gasteiger partial charge in [0.1, 0.15) is 0 Å². The highest BCUT2D eigenvalue weighted by Crippen LogP contribution is 2.19. The van der Waals surface area contributed by atoms with Gasteiger partial charge in [0.25, 0.3) is 5.69 Å². The highest BCUT2D eigenvalue weighted by atomic mass is 127. The van der Waals surface area contributed by atoms with Crippen LogP contribution in [0.4, 0.5) is 11.4 Å². The summed E-state index contributed by atoms with van der Waals surface area (Å²) in [5.41, 5.74) is 3.23. The molecule has 5 heteroatoms. The van der Waals surface area contributed by atoms with Crippen molar-refractivity contribution in [1.29, 1.82) is 0 Å². The highest BCUT2D eigenvalue weighted by Gasteiger charge is 2.05. The summed E-state index contributed by atoms with van der Waals surface area (Å²) in [7, 11) is 0. The van der Waals surface area contributed by atoms with E-state index in [9.17, 15) is 10.1 Å². The van der Waals surface area contributed by atoms with Crippen LogP contribution in [0.5, 0.6) is 0 Å². The molecule has 0 fully saturated rings. The van der Waals surface area contributed by atoms with Crippen molar-refractivity contribution in [3.05, 3.63) is 67.3 Å². The number of nitrogens with zero attached hydrogens (tertiary/aromatic N) is 1. The molecular formula is C14H13IN2O2. The number of rotatable bonds is 4. The fourth-order valence-electron chi connectivity index (χ4n) is 1.80. The number of benzene rings is 2. The maximum absolute atomic E-state index is 10.7. The second-order valence-corrected chi connectivity index (χ2v) is 5.49. The minimum Gasteiger partial charge on any atom is -0.381 e. The third kappa shape index (κ3) is 3.66. The van der Waals surface area contributed by atoms with Crippen molar-refractivity contribution in [3.63, 3.8) is 0 Å². The molecule has 0 spiro atoms. The Labute approximate surface area is 125 Å². The van der Waals surface area contributed by atoms with Crippen LogP contribution in [0.2, 0.25) is 0 Å². The standard InChI is InChI=1S/C14H13IN2O2/c1-10-7-12(15)5-6-14(10)16-9-11-3-2-4-13(8-11)17(18)19/h2-8,16H,9H2,1H3. The quantitative estimate of drug-likeness (QED) is 0.502. The van der Waals surface area contributed by atoms with Gasteiger partial charge in [0.05, 0.1) is 4.92 Å². The van der Waals surface area contributed by atoms with Crippen molar-refractivity contribution in [2.45, 2.75) is 13.5 Å². The van der Waals surface area contributed by atoms with Gasteiger partial charge in [-0.2, -0.15) is 0 Å². The lowest BCUT2D eigenvalue weighted by molar-refractivity contribution is -0.384. The number of non-ortho nitro benzene ring substituents is 1. The third-order valence-corrected chi connectivity index (χ3v) is 3.46. The second-order valence-electron chi connectivity index (χ2n) is 4.24. The summed E-state index contributed by atoms with van der Waals surface area (Å²) in [5, 5.41) is 14.0. The summed E-state index contributed by atoms with van der Waals surface area (Å²) in [6, 6.07) is 12.8. The number of aryl methyl sites for hydroxylation is 1. The predicted molar refractivity (Wildman–Crippen MR) is 84.3 cm³/mol. The Morgan fingerprint density at radius 1 is 1.26 bits per heavy atom. The van der Waals surface area contributed by atoms with Crippen LogP contribution in [0.15, 0.2) is 42.5 Å². The first kappa shape index (κ1) is 13.8. The smallest absolute Gasteiger partial charge is 0.269 e. The average molecular weight is 368 g/mol. The van der Waals surface area contributed by atoms with Crippen LogP contribution < -0.4 is 5.32 Å². The van der Waals surface area contributed by atoms with Crippen molar-refractivity contribution < 1.29 is 4.92 Å². The topological polar surface area (TPSA) is 55.2 Å². The molecule has 0 bridgehead atoms. The summed E-state index contributed by atoms with van der Waals surface area (Å²) < 4.78 is 1.19. The van der Waals surface area contributed by atoms with Crippen molar-refractivity contribution in [2.24, 2.45) is 0 Å². The fourth-order valence-corrected chi connectivity index (χ4v) is 2.45. The van der Waals surface area contributed by atoms with E-state index in [1.54, 1.807) is 12.1 Å². The first-order valence-corrected chi connectivity index (χ1v) is 6.87. The molecule has 0 atom stereocenters. The van der Waals surface area contributed by atoms with Gasteiger partial charge in [-0.05, 0) is 58.8 Å². The largest absolute Gasteiger partial charge is 0.381 e. The van der Waals surface area contributed by atoms with E-state index in [-0.39, 0.29) is 10.6 Å². The van der Waals surface area contributed by atoms with E-state index >= 15 is 0 Å². The number of hydrogen-bond donors (Lipinski definition) is 1. The van der Waals surface area contributed by atoms with Gasteiger partial charge >= 0.3 is 0 Å². The Balaban J connectivity index is 2.10. The van der Waals surface area contributed by atoms with Crippen LogP contribution in [0.25, 0.3) is 0 Å². The zero-order chi connectivity index (χ0) is 13.8. The van der Waals surface area contributed by atoms with Crippen LogP contribution in [-0.4, -0.2) is 4.92 Å². The maximum Gasteiger partial charge on any atom is 0.269 e. The van der Waals surface area contributed by atoms with Crippen molar-refractivity contribution in [2.75, 3.05) is 5.32 Å². The number of nitro benzene ring substituents is 1. The lowest BCUT2D eigenvalue weighted by atomic mass is 10.1. The monoisotopic (exact) mass is 368 g/mol. The Morgan fingerprint density at radius 3 is 2.74 bits per heavy atom. The first-order chi connectivity index (χ1) is 9.06. The fraction of sp³-hybridized carbons (Fsp3) is 0.143. The normalized spacial score (nSPS) is 10.2. The molecule has 0 radical (unpaired) electrons. The molecule has 0 saturated heterocycles. The number of halogens is 1. The van der Waals surface area contributed by atoms with Crippen molar-refractivity contribution in [1.82, 2.24) is 0 Å². The predicted octanol–water partition coefficient (Wildman–Crippen LogP) is 4.12. The summed E-state index contributed by atoms with van der Waals surface area (Å²) in [4.78, 5) is 10.3. The average Bonchev–Trinajstić information content (AvgIpc) is 2.38. The summed E-state index contributed by atoms with van der Waals surface area (Å²) in [6.07, 6.45) is 0. The molecule has 98 valence electrons. The van der Waals surface area contributed by atoms with Gasteiger partial charge in [0.2, 0.25) is 0 Å². The van der Waals surface area contributed by atoms with Gasteiger partial charge in [-0.1, -0.05) is 12.1 Å². The Morgan fingerprint density at radius 2 is 2.05 bits per heavy atom. The Hall–Kier alpha value is -1.63. The zero-order valence-corrected chi connectivity index (χ0v) is 12.5. The lowest BCUT2D eigenvalue weighted by Crippen LogP contribution is -2.01. The van der Waals surface area contributed by atoms with E-state index in [0.717, 1.165) is 16.8 Å². The molecule has 19 heavy (non-hydrogen) atoms. The van der Waals surface area contributed by atoms with E-state index in [1.807, 2.05) is 25.1 Å². The molecule has 2 aromatic carbocycles. The molecule has 0 aliphatic carbocycles. The van der Waals surface area contributed by atoms with Crippen LogP contribution in [-0.2, 0) is 6.54 Å². The molecule has 0 aliphatic heterocycles. The van der Waals surface area contributed by atoms with Gasteiger partial charge < -0.3 is 5.32 Å². The zero-order valence-electron chi connectivity index (χ0n) is 10.4. The Kier molecular flexibility index (Phi) is 4.36. The SMILES string of the molecule is Cc1cc(I)ccc1NCc1cccc([N+](=O)[O-])c1. The third-order valence-electron chi connectivity index (χ3n) is 2.79. The summed E-state index contributed by atoms with van der Waals surface area (Å²) >= 11 is 2.27. The van der Waals surface area contributed by atoms with Crippen LogP contribution >= 0.6 is 22.6 Å². The molecule has 2 aromatic rings. The molecule has 0 saturated carbocycles. The molecule has 1 N–H and O–H groups in total.